The van der Waals surface area contributed by atoms with Crippen LogP contribution in [0.5, 0.6) is 0 Å². The van der Waals surface area contributed by atoms with Crippen molar-refractivity contribution in [3.8, 4) is 0 Å². The minimum atomic E-state index is 0.796. The van der Waals surface area contributed by atoms with Crippen molar-refractivity contribution >= 4 is 5.96 Å². The van der Waals surface area contributed by atoms with Gasteiger partial charge < -0.3 is 15.1 Å². The Kier molecular flexibility index (Phi) is 6.13. The van der Waals surface area contributed by atoms with Gasteiger partial charge in [-0.25, -0.2) is 0 Å². The van der Waals surface area contributed by atoms with Gasteiger partial charge in [0.15, 0.2) is 5.96 Å². The van der Waals surface area contributed by atoms with Crippen molar-refractivity contribution in [1.29, 1.82) is 0 Å². The number of benzene rings is 1. The van der Waals surface area contributed by atoms with Crippen LogP contribution >= 0.6 is 0 Å². The molecule has 2 saturated heterocycles. The maximum Gasteiger partial charge on any atom is 0.193 e. The van der Waals surface area contributed by atoms with E-state index in [1.54, 1.807) is 0 Å². The summed E-state index contributed by atoms with van der Waals surface area (Å²) in [6.07, 6.45) is 5.15. The van der Waals surface area contributed by atoms with E-state index >= 15 is 0 Å². The highest BCUT2D eigenvalue weighted by Crippen LogP contribution is 2.20. The zero-order chi connectivity index (χ0) is 16.8. The molecule has 1 aromatic carbocycles. The van der Waals surface area contributed by atoms with E-state index in [0.717, 1.165) is 37.9 Å². The molecular formula is C20H32N4. The number of aliphatic imine (C=N–C) groups is 1. The second-order valence-electron chi connectivity index (χ2n) is 7.13. The summed E-state index contributed by atoms with van der Waals surface area (Å²) in [4.78, 5) is 9.61. The molecule has 0 aromatic heterocycles. The quantitative estimate of drug-likeness (QED) is 0.666. The topological polar surface area (TPSA) is 30.9 Å². The lowest BCUT2D eigenvalue weighted by atomic mass is 10.1. The molecule has 3 rings (SSSR count). The second kappa shape index (κ2) is 8.52. The third kappa shape index (κ3) is 4.29. The normalized spacial score (nSPS) is 22.3. The molecule has 4 heteroatoms. The van der Waals surface area contributed by atoms with Gasteiger partial charge in [-0.2, -0.15) is 0 Å². The summed E-state index contributed by atoms with van der Waals surface area (Å²) in [6.45, 7) is 9.24. The highest BCUT2D eigenvalue weighted by molar-refractivity contribution is 5.80. The van der Waals surface area contributed by atoms with Crippen LogP contribution in [0.4, 0.5) is 0 Å². The zero-order valence-electron chi connectivity index (χ0n) is 15.3. The van der Waals surface area contributed by atoms with Gasteiger partial charge in [-0.3, -0.25) is 4.99 Å². The van der Waals surface area contributed by atoms with Crippen molar-refractivity contribution in [1.82, 2.24) is 15.1 Å². The van der Waals surface area contributed by atoms with E-state index in [2.05, 4.69) is 51.3 Å². The molecule has 0 aliphatic carbocycles. The Morgan fingerprint density at radius 3 is 2.62 bits per heavy atom. The van der Waals surface area contributed by atoms with E-state index in [9.17, 15) is 0 Å². The number of likely N-dealkylation sites (tertiary alicyclic amines) is 2. The molecule has 2 aliphatic rings. The van der Waals surface area contributed by atoms with Gasteiger partial charge >= 0.3 is 0 Å². The number of aryl methyl sites for hydroxylation is 1. The molecular weight excluding hydrogens is 296 g/mol. The lowest BCUT2D eigenvalue weighted by Crippen LogP contribution is -2.40. The van der Waals surface area contributed by atoms with Crippen molar-refractivity contribution in [3.05, 3.63) is 35.4 Å². The SMILES string of the molecule is CCc1ccccc1CNC(=NC)N1CCC(CN2CCCC2)C1. The van der Waals surface area contributed by atoms with Crippen molar-refractivity contribution in [2.45, 2.75) is 39.2 Å². The molecule has 24 heavy (non-hydrogen) atoms. The monoisotopic (exact) mass is 328 g/mol. The summed E-state index contributed by atoms with van der Waals surface area (Å²) in [6, 6.07) is 8.70. The van der Waals surface area contributed by atoms with Crippen LogP contribution < -0.4 is 5.32 Å². The molecule has 0 amide bonds. The van der Waals surface area contributed by atoms with Crippen molar-refractivity contribution in [2.75, 3.05) is 39.8 Å². The zero-order valence-corrected chi connectivity index (χ0v) is 15.3. The second-order valence-corrected chi connectivity index (χ2v) is 7.13. The summed E-state index contributed by atoms with van der Waals surface area (Å²) in [5, 5.41) is 3.58. The minimum Gasteiger partial charge on any atom is -0.352 e. The molecule has 0 bridgehead atoms. The van der Waals surface area contributed by atoms with E-state index in [1.165, 1.54) is 50.0 Å². The molecule has 0 saturated carbocycles. The highest BCUT2D eigenvalue weighted by Gasteiger charge is 2.27. The molecule has 0 radical (unpaired) electrons. The first-order valence-electron chi connectivity index (χ1n) is 9.55. The maximum absolute atomic E-state index is 4.52. The van der Waals surface area contributed by atoms with Crippen LogP contribution in [0.1, 0.15) is 37.3 Å². The Hall–Kier alpha value is -1.55. The van der Waals surface area contributed by atoms with E-state index in [-0.39, 0.29) is 0 Å². The maximum atomic E-state index is 4.52. The molecule has 1 aromatic rings. The summed E-state index contributed by atoms with van der Waals surface area (Å²) in [7, 11) is 1.90. The number of rotatable bonds is 5. The minimum absolute atomic E-state index is 0.796. The Balaban J connectivity index is 1.51. The molecule has 2 fully saturated rings. The van der Waals surface area contributed by atoms with Crippen LogP contribution in [-0.4, -0.2) is 55.5 Å². The first-order chi connectivity index (χ1) is 11.8. The molecule has 1 atom stereocenters. The van der Waals surface area contributed by atoms with Crippen LogP contribution in [0.25, 0.3) is 0 Å². The van der Waals surface area contributed by atoms with Gasteiger partial charge in [0.1, 0.15) is 0 Å². The van der Waals surface area contributed by atoms with E-state index in [4.69, 9.17) is 0 Å². The summed E-state index contributed by atoms with van der Waals surface area (Å²) in [5.41, 5.74) is 2.81. The fourth-order valence-corrected chi connectivity index (χ4v) is 4.09. The van der Waals surface area contributed by atoms with Crippen LogP contribution in [0.15, 0.2) is 29.3 Å². The lowest BCUT2D eigenvalue weighted by molar-refractivity contribution is 0.281. The van der Waals surface area contributed by atoms with Gasteiger partial charge in [-0.1, -0.05) is 31.2 Å². The van der Waals surface area contributed by atoms with Crippen LogP contribution in [0.2, 0.25) is 0 Å². The van der Waals surface area contributed by atoms with Crippen molar-refractivity contribution in [2.24, 2.45) is 10.9 Å². The fraction of sp³-hybridized carbons (Fsp3) is 0.650. The molecule has 4 nitrogen and oxygen atoms in total. The van der Waals surface area contributed by atoms with Gasteiger partial charge in [-0.05, 0) is 55.8 Å². The Bertz CT molecular complexity index is 548. The standard InChI is InChI=1S/C20H32N4/c1-3-18-8-4-5-9-19(18)14-22-20(21-2)24-13-10-17(16-24)15-23-11-6-7-12-23/h4-5,8-9,17H,3,6-7,10-16H2,1-2H3,(H,21,22). The van der Waals surface area contributed by atoms with Crippen molar-refractivity contribution in [3.63, 3.8) is 0 Å². The Morgan fingerprint density at radius 1 is 1.17 bits per heavy atom. The van der Waals surface area contributed by atoms with Gasteiger partial charge in [0.05, 0.1) is 0 Å². The highest BCUT2D eigenvalue weighted by atomic mass is 15.3. The lowest BCUT2D eigenvalue weighted by Gasteiger charge is -2.23. The fourth-order valence-electron chi connectivity index (χ4n) is 4.09. The van der Waals surface area contributed by atoms with Gasteiger partial charge in [-0.15, -0.1) is 0 Å². The molecule has 2 heterocycles. The van der Waals surface area contributed by atoms with E-state index < -0.39 is 0 Å². The van der Waals surface area contributed by atoms with Crippen LogP contribution in [0.3, 0.4) is 0 Å². The number of hydrogen-bond donors (Lipinski definition) is 1. The van der Waals surface area contributed by atoms with E-state index in [0.29, 0.717) is 0 Å². The van der Waals surface area contributed by atoms with Crippen LogP contribution in [-0.2, 0) is 13.0 Å². The number of hydrogen-bond acceptors (Lipinski definition) is 2. The Labute approximate surface area is 146 Å². The first-order valence-corrected chi connectivity index (χ1v) is 9.55. The van der Waals surface area contributed by atoms with Crippen LogP contribution in [0, 0.1) is 5.92 Å². The Morgan fingerprint density at radius 2 is 1.92 bits per heavy atom. The van der Waals surface area contributed by atoms with E-state index in [1.807, 2.05) is 7.05 Å². The van der Waals surface area contributed by atoms with Crippen molar-refractivity contribution < 1.29 is 0 Å². The number of guanidine groups is 1. The van der Waals surface area contributed by atoms with Gasteiger partial charge in [0.25, 0.3) is 0 Å². The average molecular weight is 329 g/mol. The smallest absolute Gasteiger partial charge is 0.193 e. The third-order valence-corrected chi connectivity index (χ3v) is 5.45. The number of nitrogens with one attached hydrogen (secondary N) is 1. The summed E-state index contributed by atoms with van der Waals surface area (Å²) >= 11 is 0. The molecule has 132 valence electrons. The molecule has 1 unspecified atom stereocenters. The average Bonchev–Trinajstić information content (AvgIpc) is 3.28. The largest absolute Gasteiger partial charge is 0.352 e. The third-order valence-electron chi connectivity index (χ3n) is 5.45. The molecule has 0 spiro atoms. The first kappa shape index (κ1) is 17.3. The number of nitrogens with zero attached hydrogens (tertiary/aromatic N) is 3. The van der Waals surface area contributed by atoms with Gasteiger partial charge in [0, 0.05) is 33.2 Å². The summed E-state index contributed by atoms with van der Waals surface area (Å²) in [5.74, 6) is 1.86. The molecule has 1 N–H and O–H groups in total. The predicted molar refractivity (Wildman–Crippen MR) is 101 cm³/mol. The molecule has 2 aliphatic heterocycles. The predicted octanol–water partition coefficient (Wildman–Crippen LogP) is 2.74. The van der Waals surface area contributed by atoms with Gasteiger partial charge in [0.2, 0.25) is 0 Å². The summed E-state index contributed by atoms with van der Waals surface area (Å²) < 4.78 is 0.